The van der Waals surface area contributed by atoms with E-state index in [0.717, 1.165) is 12.1 Å². The summed E-state index contributed by atoms with van der Waals surface area (Å²) in [6.45, 7) is 5.00. The second-order valence-electron chi connectivity index (χ2n) is 6.40. The van der Waals surface area contributed by atoms with E-state index < -0.39 is 26.8 Å². The Labute approximate surface area is 170 Å². The summed E-state index contributed by atoms with van der Waals surface area (Å²) in [6.07, 6.45) is -4.60. The molecule has 2 heterocycles. The molecule has 0 unspecified atom stereocenters. The summed E-state index contributed by atoms with van der Waals surface area (Å²) < 4.78 is 71.6. The molecule has 12 heteroatoms. The Bertz CT molecular complexity index is 1210. The highest BCUT2D eigenvalue weighted by Crippen LogP contribution is 2.35. The van der Waals surface area contributed by atoms with Crippen LogP contribution in [0.1, 0.15) is 29.4 Å². The van der Waals surface area contributed by atoms with Gasteiger partial charge in [0.25, 0.3) is 5.95 Å². The number of rotatable bonds is 5. The lowest BCUT2D eigenvalue weighted by Crippen LogP contribution is -2.19. The summed E-state index contributed by atoms with van der Waals surface area (Å²) in [5.74, 6) is -0.249. The third-order valence-electron chi connectivity index (χ3n) is 4.22. The van der Waals surface area contributed by atoms with Crippen molar-refractivity contribution in [2.24, 2.45) is 0 Å². The third-order valence-corrected chi connectivity index (χ3v) is 5.49. The summed E-state index contributed by atoms with van der Waals surface area (Å²) in [6, 6.07) is 5.32. The Balaban J connectivity index is 2.14. The van der Waals surface area contributed by atoms with Crippen LogP contribution in [-0.2, 0) is 22.7 Å². The number of aryl methyl sites for hydroxylation is 2. The molecule has 0 aliphatic carbocycles. The quantitative estimate of drug-likeness (QED) is 0.605. The van der Waals surface area contributed by atoms with Gasteiger partial charge in [0.2, 0.25) is 5.88 Å². The van der Waals surface area contributed by atoms with Crippen molar-refractivity contribution >= 4 is 15.9 Å². The minimum absolute atomic E-state index is 0.0652. The maximum atomic E-state index is 13.3. The summed E-state index contributed by atoms with van der Waals surface area (Å²) >= 11 is 0. The van der Waals surface area contributed by atoms with Crippen molar-refractivity contribution in [3.8, 4) is 11.8 Å². The number of hydrogen-bond acceptors (Lipinski definition) is 7. The van der Waals surface area contributed by atoms with Crippen molar-refractivity contribution in [1.29, 1.82) is 0 Å². The lowest BCUT2D eigenvalue weighted by atomic mass is 10.2. The molecule has 0 amide bonds. The molecule has 3 aromatic rings. The summed E-state index contributed by atoms with van der Waals surface area (Å²) in [4.78, 5) is 7.33. The van der Waals surface area contributed by atoms with E-state index in [2.05, 4.69) is 15.1 Å². The Morgan fingerprint density at radius 3 is 2.40 bits per heavy atom. The van der Waals surface area contributed by atoms with Crippen LogP contribution < -0.4 is 9.92 Å². The van der Waals surface area contributed by atoms with Crippen molar-refractivity contribution in [2.45, 2.75) is 38.3 Å². The van der Waals surface area contributed by atoms with Gasteiger partial charge in [0.1, 0.15) is 10.7 Å². The standard InChI is InChI=1S/C18H18F3N5O3S/c1-4-12-11(3)23-17(26-15(22)9-10(2)25-26)24-16(12)29-30(27,28)14-8-6-5-7-13(14)18(19,20)21/h5-9H,4,22H2,1-3H3. The zero-order chi connectivity index (χ0) is 22.3. The predicted octanol–water partition coefficient (Wildman–Crippen LogP) is 3.21. The van der Waals surface area contributed by atoms with E-state index in [1.54, 1.807) is 26.8 Å². The van der Waals surface area contributed by atoms with Gasteiger partial charge in [-0.05, 0) is 32.4 Å². The van der Waals surface area contributed by atoms with Gasteiger partial charge in [-0.15, -0.1) is 0 Å². The zero-order valence-electron chi connectivity index (χ0n) is 16.2. The topological polar surface area (TPSA) is 113 Å². The van der Waals surface area contributed by atoms with Crippen LogP contribution in [0.2, 0.25) is 0 Å². The first kappa shape index (κ1) is 21.6. The molecule has 1 aromatic carbocycles. The molecule has 0 spiro atoms. The largest absolute Gasteiger partial charge is 0.417 e. The van der Waals surface area contributed by atoms with Gasteiger partial charge in [0.05, 0.1) is 17.0 Å². The maximum Gasteiger partial charge on any atom is 0.417 e. The molecule has 0 aliphatic rings. The van der Waals surface area contributed by atoms with Crippen molar-refractivity contribution in [3.05, 3.63) is 52.8 Å². The molecule has 0 saturated heterocycles. The SMILES string of the molecule is CCc1c(C)nc(-n2nc(C)cc2N)nc1OS(=O)(=O)c1ccccc1C(F)(F)F. The molecule has 3 rings (SSSR count). The Hall–Kier alpha value is -3.15. The Kier molecular flexibility index (Phi) is 5.46. The maximum absolute atomic E-state index is 13.3. The van der Waals surface area contributed by atoms with Crippen LogP contribution in [0.25, 0.3) is 5.95 Å². The summed E-state index contributed by atoms with van der Waals surface area (Å²) in [7, 11) is -4.85. The molecule has 0 atom stereocenters. The number of aromatic nitrogens is 4. The number of alkyl halides is 3. The van der Waals surface area contributed by atoms with Crippen molar-refractivity contribution in [3.63, 3.8) is 0 Å². The van der Waals surface area contributed by atoms with E-state index in [1.165, 1.54) is 10.7 Å². The van der Waals surface area contributed by atoms with E-state index >= 15 is 0 Å². The molecule has 0 bridgehead atoms. The van der Waals surface area contributed by atoms with Crippen LogP contribution in [0.3, 0.4) is 0 Å². The predicted molar refractivity (Wildman–Crippen MR) is 102 cm³/mol. The molecule has 160 valence electrons. The number of benzene rings is 1. The Morgan fingerprint density at radius 2 is 1.83 bits per heavy atom. The normalized spacial score (nSPS) is 12.2. The lowest BCUT2D eigenvalue weighted by Gasteiger charge is -2.16. The van der Waals surface area contributed by atoms with Gasteiger partial charge >= 0.3 is 16.3 Å². The smallest absolute Gasteiger partial charge is 0.383 e. The fourth-order valence-corrected chi connectivity index (χ4v) is 4.01. The van der Waals surface area contributed by atoms with Crippen LogP contribution in [0.4, 0.5) is 19.0 Å². The molecular formula is C18H18F3N5O3S. The van der Waals surface area contributed by atoms with Crippen molar-refractivity contribution in [1.82, 2.24) is 19.7 Å². The van der Waals surface area contributed by atoms with Gasteiger partial charge in [-0.2, -0.15) is 36.4 Å². The van der Waals surface area contributed by atoms with Crippen molar-refractivity contribution in [2.75, 3.05) is 5.73 Å². The van der Waals surface area contributed by atoms with E-state index in [0.29, 0.717) is 23.0 Å². The summed E-state index contributed by atoms with van der Waals surface area (Å²) in [5, 5.41) is 4.13. The lowest BCUT2D eigenvalue weighted by molar-refractivity contribution is -0.139. The molecule has 0 saturated carbocycles. The molecule has 0 aliphatic heterocycles. The van der Waals surface area contributed by atoms with Crippen LogP contribution in [0.15, 0.2) is 35.2 Å². The monoisotopic (exact) mass is 441 g/mol. The molecule has 0 radical (unpaired) electrons. The number of nitrogens with zero attached hydrogens (tertiary/aromatic N) is 4. The molecule has 2 N–H and O–H groups in total. The number of halogens is 3. The number of anilines is 1. The number of nitrogen functional groups attached to an aromatic ring is 1. The first-order chi connectivity index (χ1) is 13.9. The van der Waals surface area contributed by atoms with Gasteiger partial charge in [-0.1, -0.05) is 19.1 Å². The van der Waals surface area contributed by atoms with Crippen molar-refractivity contribution < 1.29 is 25.8 Å². The second-order valence-corrected chi connectivity index (χ2v) is 7.91. The molecule has 0 fully saturated rings. The van der Waals surface area contributed by atoms with Gasteiger partial charge < -0.3 is 9.92 Å². The average Bonchev–Trinajstić information content (AvgIpc) is 2.98. The first-order valence-electron chi connectivity index (χ1n) is 8.74. The van der Waals surface area contributed by atoms with Crippen LogP contribution in [-0.4, -0.2) is 28.2 Å². The fraction of sp³-hybridized carbons (Fsp3) is 0.278. The van der Waals surface area contributed by atoms with E-state index in [9.17, 15) is 21.6 Å². The molecule has 30 heavy (non-hydrogen) atoms. The zero-order valence-corrected chi connectivity index (χ0v) is 17.0. The van der Waals surface area contributed by atoms with Crippen LogP contribution in [0.5, 0.6) is 5.88 Å². The average molecular weight is 441 g/mol. The second kappa shape index (κ2) is 7.59. The molecule has 8 nitrogen and oxygen atoms in total. The first-order valence-corrected chi connectivity index (χ1v) is 10.2. The van der Waals surface area contributed by atoms with Gasteiger partial charge in [-0.25, -0.2) is 4.98 Å². The van der Waals surface area contributed by atoms with Gasteiger partial charge in [0.15, 0.2) is 0 Å². The number of hydrogen-bond donors (Lipinski definition) is 1. The Morgan fingerprint density at radius 1 is 1.17 bits per heavy atom. The highest BCUT2D eigenvalue weighted by atomic mass is 32.2. The summed E-state index contributed by atoms with van der Waals surface area (Å²) in [5.41, 5.74) is 5.81. The highest BCUT2D eigenvalue weighted by molar-refractivity contribution is 7.87. The van der Waals surface area contributed by atoms with Crippen LogP contribution in [0, 0.1) is 13.8 Å². The number of nitrogens with two attached hydrogens (primary N) is 1. The van der Waals surface area contributed by atoms with E-state index in [1.807, 2.05) is 0 Å². The van der Waals surface area contributed by atoms with Gasteiger partial charge in [-0.3, -0.25) is 0 Å². The van der Waals surface area contributed by atoms with Gasteiger partial charge in [0, 0.05) is 11.6 Å². The van der Waals surface area contributed by atoms with E-state index in [4.69, 9.17) is 9.92 Å². The third kappa shape index (κ3) is 4.08. The fourth-order valence-electron chi connectivity index (χ4n) is 2.87. The van der Waals surface area contributed by atoms with E-state index in [-0.39, 0.29) is 24.1 Å². The molecular weight excluding hydrogens is 423 g/mol. The highest BCUT2D eigenvalue weighted by Gasteiger charge is 2.38. The van der Waals surface area contributed by atoms with Crippen LogP contribution >= 0.6 is 0 Å². The minimum atomic E-state index is -4.88. The minimum Gasteiger partial charge on any atom is -0.383 e. The molecule has 2 aromatic heterocycles.